The number of hydrogen-bond donors (Lipinski definition) is 0. The lowest BCUT2D eigenvalue weighted by Crippen LogP contribution is -2.76. The third kappa shape index (κ3) is 6.50. The van der Waals surface area contributed by atoms with E-state index in [1.54, 1.807) is 49.4 Å². The summed E-state index contributed by atoms with van der Waals surface area (Å²) >= 11 is 0. The van der Waals surface area contributed by atoms with E-state index in [2.05, 4.69) is 5.29 Å². The third-order valence-corrected chi connectivity index (χ3v) is 12.1. The summed E-state index contributed by atoms with van der Waals surface area (Å²) in [5.41, 5.74) is -0.215. The van der Waals surface area contributed by atoms with E-state index in [0.717, 1.165) is 27.3 Å². The van der Waals surface area contributed by atoms with Crippen molar-refractivity contribution in [3.8, 4) is 0 Å². The maximum Gasteiger partial charge on any atom is 0.337 e. The number of rotatable bonds is 12. The molecule has 256 valence electrons. The molecule has 2 fully saturated rings. The molecule has 2 aliphatic heterocycles. The second-order valence-corrected chi connectivity index (χ2v) is 15.9. The molecule has 0 bridgehead atoms. The minimum Gasteiger partial charge on any atom is -0.459 e. The van der Waals surface area contributed by atoms with Crippen molar-refractivity contribution in [3.05, 3.63) is 111 Å². The van der Waals surface area contributed by atoms with Gasteiger partial charge in [0.25, 0.3) is 17.5 Å². The van der Waals surface area contributed by atoms with Crippen LogP contribution in [0.3, 0.4) is 0 Å². The van der Waals surface area contributed by atoms with Crippen LogP contribution in [-0.2, 0) is 39.4 Å². The summed E-state index contributed by atoms with van der Waals surface area (Å²) in [5.74, 6) is -3.66. The van der Waals surface area contributed by atoms with E-state index in [1.165, 1.54) is 50.2 Å². The highest BCUT2D eigenvalue weighted by Gasteiger charge is 2.66. The summed E-state index contributed by atoms with van der Waals surface area (Å²) in [5, 5.41) is 13.6. The van der Waals surface area contributed by atoms with Gasteiger partial charge in [-0.3, -0.25) is 24.5 Å². The van der Waals surface area contributed by atoms with E-state index in [4.69, 9.17) is 4.74 Å². The molecule has 3 aromatic carbocycles. The summed E-state index contributed by atoms with van der Waals surface area (Å²) in [6, 6.07) is 14.5. The second-order valence-electron chi connectivity index (χ2n) is 11.9. The number of aryl methyl sites for hydroxylation is 1. The summed E-state index contributed by atoms with van der Waals surface area (Å²) in [6.07, 6.45) is 0. The van der Waals surface area contributed by atoms with Crippen molar-refractivity contribution in [2.45, 2.75) is 68.4 Å². The van der Waals surface area contributed by atoms with Gasteiger partial charge < -0.3 is 14.5 Å². The van der Waals surface area contributed by atoms with Crippen LogP contribution in [0.1, 0.15) is 43.5 Å². The highest BCUT2D eigenvalue weighted by Crippen LogP contribution is 2.48. The number of β-lactam (4-membered cyclic amide) rings is 1. The molecule has 4 unspecified atom stereocenters. The fourth-order valence-electron chi connectivity index (χ4n) is 5.87. The molecule has 0 aromatic heterocycles. The van der Waals surface area contributed by atoms with Crippen molar-refractivity contribution >= 4 is 48.9 Å². The number of carbonyl (C=O) groups excluding carboxylic acids is 4. The van der Waals surface area contributed by atoms with Gasteiger partial charge in [-0.25, -0.2) is 18.2 Å². The Morgan fingerprint density at radius 1 is 1.00 bits per heavy atom. The number of amides is 2. The first kappa shape index (κ1) is 35.2. The van der Waals surface area contributed by atoms with Gasteiger partial charge in [-0.05, 0) is 63.1 Å². The Kier molecular flexibility index (Phi) is 9.61. The number of carbonyl (C=O) groups is 4. The number of nitroso groups, excluding NO2 is 1. The van der Waals surface area contributed by atoms with Crippen molar-refractivity contribution in [3.63, 3.8) is 0 Å². The van der Waals surface area contributed by atoms with E-state index in [0.29, 0.717) is 11.1 Å². The van der Waals surface area contributed by atoms with Crippen LogP contribution in [0.25, 0.3) is 0 Å². The fraction of sp³-hybridized carbons (Fsp3) is 0.312. The van der Waals surface area contributed by atoms with Gasteiger partial charge in [-0.15, -0.1) is 4.91 Å². The lowest BCUT2D eigenvalue weighted by Gasteiger charge is -2.53. The van der Waals surface area contributed by atoms with Gasteiger partial charge in [0.05, 0.1) is 15.1 Å². The Hall–Kier alpha value is -5.16. The van der Waals surface area contributed by atoms with Crippen LogP contribution >= 0.6 is 10.8 Å². The normalized spacial score (nSPS) is 20.8. The highest BCUT2D eigenvalue weighted by molar-refractivity contribution is 8.72. The van der Waals surface area contributed by atoms with Crippen molar-refractivity contribution in [1.82, 2.24) is 14.8 Å². The molecule has 4 atom stereocenters. The first-order valence-electron chi connectivity index (χ1n) is 14.8. The monoisotopic (exact) mass is 709 g/mol. The highest BCUT2D eigenvalue weighted by atomic mass is 33.1. The van der Waals surface area contributed by atoms with Gasteiger partial charge in [0.1, 0.15) is 23.7 Å². The first-order valence-corrected chi connectivity index (χ1v) is 17.7. The third-order valence-electron chi connectivity index (χ3n) is 8.35. The Labute approximate surface area is 284 Å². The van der Waals surface area contributed by atoms with Crippen LogP contribution in [0.2, 0.25) is 0 Å². The SMILES string of the molecule is CC(=O)C(C(=O)OCc1ccc([N+](=O)[O-])cc1)N1C(=O)C(N2C(=O)C(c3ccccc3)N(N=O)C2(C)C)C1SS(=O)(=O)c1ccc(C)cc1. The van der Waals surface area contributed by atoms with Crippen LogP contribution in [-0.4, -0.2) is 74.8 Å². The molecule has 2 aliphatic rings. The van der Waals surface area contributed by atoms with Crippen LogP contribution in [0.4, 0.5) is 5.69 Å². The Bertz CT molecular complexity index is 1920. The van der Waals surface area contributed by atoms with Crippen molar-refractivity contribution in [1.29, 1.82) is 0 Å². The van der Waals surface area contributed by atoms with E-state index < -0.39 is 73.1 Å². The summed E-state index contributed by atoms with van der Waals surface area (Å²) in [6.45, 7) is 5.33. The van der Waals surface area contributed by atoms with Gasteiger partial charge >= 0.3 is 5.97 Å². The molecule has 17 heteroatoms. The predicted octanol–water partition coefficient (Wildman–Crippen LogP) is 3.87. The van der Waals surface area contributed by atoms with Crippen molar-refractivity contribution in [2.24, 2.45) is 5.29 Å². The van der Waals surface area contributed by atoms with Gasteiger partial charge in [0.15, 0.2) is 17.9 Å². The zero-order valence-corrected chi connectivity index (χ0v) is 28.3. The Morgan fingerprint density at radius 3 is 2.16 bits per heavy atom. The van der Waals surface area contributed by atoms with E-state index in [9.17, 15) is 42.6 Å². The van der Waals surface area contributed by atoms with Gasteiger partial charge in [-0.1, -0.05) is 48.0 Å². The second kappa shape index (κ2) is 13.4. The lowest BCUT2D eigenvalue weighted by molar-refractivity contribution is -0.384. The van der Waals surface area contributed by atoms with Crippen molar-refractivity contribution < 1.29 is 37.3 Å². The molecule has 2 heterocycles. The molecule has 15 nitrogen and oxygen atoms in total. The van der Waals surface area contributed by atoms with Crippen LogP contribution in [0.15, 0.2) is 89.0 Å². The summed E-state index contributed by atoms with van der Waals surface area (Å²) in [4.78, 5) is 78.9. The number of ketones is 1. The number of non-ortho nitro benzene ring substituents is 1. The number of benzene rings is 3. The van der Waals surface area contributed by atoms with Crippen LogP contribution in [0.5, 0.6) is 0 Å². The minimum atomic E-state index is -4.28. The number of ether oxygens (including phenoxy) is 1. The quantitative estimate of drug-likeness (QED) is 0.0502. The number of Topliss-reactive ketones (excluding diaryl/α,β-unsaturated/α-hetero) is 1. The molecule has 2 saturated heterocycles. The summed E-state index contributed by atoms with van der Waals surface area (Å²) < 4.78 is 32.8. The predicted molar refractivity (Wildman–Crippen MR) is 175 cm³/mol. The maximum absolute atomic E-state index is 14.1. The number of likely N-dealkylation sites (tertiary alicyclic amines) is 1. The topological polar surface area (TPSA) is 194 Å². The average molecular weight is 710 g/mol. The number of esters is 1. The lowest BCUT2D eigenvalue weighted by atomic mass is 9.97. The van der Waals surface area contributed by atoms with E-state index in [1.807, 2.05) is 0 Å². The summed E-state index contributed by atoms with van der Waals surface area (Å²) in [7, 11) is -4.00. The van der Waals surface area contributed by atoms with Crippen molar-refractivity contribution in [2.75, 3.05) is 0 Å². The number of nitrogens with zero attached hydrogens (tertiary/aromatic N) is 5. The Morgan fingerprint density at radius 2 is 1.61 bits per heavy atom. The average Bonchev–Trinajstić information content (AvgIpc) is 3.26. The van der Waals surface area contributed by atoms with E-state index in [-0.39, 0.29) is 21.4 Å². The fourth-order valence-corrected chi connectivity index (χ4v) is 9.41. The molecule has 2 amide bonds. The van der Waals surface area contributed by atoms with Gasteiger partial charge in [0, 0.05) is 22.9 Å². The largest absolute Gasteiger partial charge is 0.459 e. The molecular formula is C32H31N5O10S2. The molecule has 3 aromatic rings. The molecule has 0 aliphatic carbocycles. The van der Waals surface area contributed by atoms with E-state index >= 15 is 0 Å². The molecule has 49 heavy (non-hydrogen) atoms. The number of nitro groups is 1. The molecule has 5 rings (SSSR count). The molecule has 0 radical (unpaired) electrons. The number of nitro benzene ring substituents is 1. The molecule has 0 saturated carbocycles. The smallest absolute Gasteiger partial charge is 0.337 e. The first-order chi connectivity index (χ1) is 23.1. The number of hydrogen-bond acceptors (Lipinski definition) is 12. The molecule has 0 spiro atoms. The standard InChI is InChI=1S/C32H31N5O10S2/c1-19-10-16-24(17-11-19)49(45,46)48-30-27(35-29(40)26(22-8-6-5-7-9-22)36(33-42)32(35,3)4)28(39)34(30)25(20(2)38)31(41)47-18-21-12-14-23(15-13-21)37(43)44/h5-17,25-27,30H,18H2,1-4H3. The molecular weight excluding hydrogens is 679 g/mol. The van der Waals surface area contributed by atoms with Gasteiger partial charge in [0.2, 0.25) is 8.87 Å². The minimum absolute atomic E-state index is 0.119. The Balaban J connectivity index is 1.52. The van der Waals surface area contributed by atoms with Crippen LogP contribution < -0.4 is 0 Å². The maximum atomic E-state index is 14.1. The zero-order chi connectivity index (χ0) is 35.8. The van der Waals surface area contributed by atoms with Gasteiger partial charge in [-0.2, -0.15) is 0 Å². The molecule has 0 N–H and O–H groups in total. The zero-order valence-electron chi connectivity index (χ0n) is 26.7. The van der Waals surface area contributed by atoms with Crippen LogP contribution in [0, 0.1) is 21.9 Å².